The molecule has 3 saturated carbocycles. The van der Waals surface area contributed by atoms with Crippen LogP contribution in [0.2, 0.25) is 0 Å². The van der Waals surface area contributed by atoms with Gasteiger partial charge < -0.3 is 20.7 Å². The number of H-pyrrole nitrogens is 1. The van der Waals surface area contributed by atoms with Crippen molar-refractivity contribution in [2.24, 2.45) is 23.2 Å². The van der Waals surface area contributed by atoms with E-state index in [4.69, 9.17) is 0 Å². The molecule has 5 rings (SSSR count). The Morgan fingerprint density at radius 1 is 1.07 bits per heavy atom. The lowest BCUT2D eigenvalue weighted by molar-refractivity contribution is -0.124. The summed E-state index contributed by atoms with van der Waals surface area (Å²) >= 11 is 0. The maximum Gasteiger partial charge on any atom is 0.252 e. The third kappa shape index (κ3) is 3.80. The Morgan fingerprint density at radius 2 is 1.77 bits per heavy atom. The molecule has 2 aromatic heterocycles. The van der Waals surface area contributed by atoms with E-state index in [2.05, 4.69) is 25.6 Å². The molecule has 1 atom stereocenters. The summed E-state index contributed by atoms with van der Waals surface area (Å²) in [6.45, 7) is 1.43. The molecule has 3 fully saturated rings. The molecule has 2 aromatic rings. The highest BCUT2D eigenvalue weighted by molar-refractivity contribution is 5.96. The molecule has 8 nitrogen and oxygen atoms in total. The van der Waals surface area contributed by atoms with Crippen LogP contribution in [0.1, 0.15) is 55.3 Å². The molecular weight excluding hydrogens is 382 g/mol. The minimum atomic E-state index is -0.191. The van der Waals surface area contributed by atoms with E-state index in [9.17, 15) is 14.7 Å². The van der Waals surface area contributed by atoms with E-state index < -0.39 is 0 Å². The van der Waals surface area contributed by atoms with E-state index in [1.54, 1.807) is 18.6 Å². The first kappa shape index (κ1) is 19.5. The Hall–Kier alpha value is -2.48. The van der Waals surface area contributed by atoms with Crippen LogP contribution in [0.3, 0.4) is 0 Å². The van der Waals surface area contributed by atoms with Gasteiger partial charge in [-0.2, -0.15) is 0 Å². The number of nitrogens with one attached hydrogen (secondary N) is 3. The highest BCUT2D eigenvalue weighted by atomic mass is 16.3. The summed E-state index contributed by atoms with van der Waals surface area (Å²) in [4.78, 5) is 36.0. The van der Waals surface area contributed by atoms with Crippen LogP contribution in [-0.4, -0.2) is 51.1 Å². The molecule has 3 aliphatic rings. The fourth-order valence-electron chi connectivity index (χ4n) is 5.35. The monoisotopic (exact) mass is 411 g/mol. The van der Waals surface area contributed by atoms with E-state index in [0.717, 1.165) is 57.0 Å². The van der Waals surface area contributed by atoms with Crippen molar-refractivity contribution >= 4 is 23.0 Å². The van der Waals surface area contributed by atoms with Gasteiger partial charge in [-0.1, -0.05) is 0 Å². The lowest BCUT2D eigenvalue weighted by Crippen LogP contribution is -2.38. The average molecular weight is 412 g/mol. The van der Waals surface area contributed by atoms with Gasteiger partial charge in [0.2, 0.25) is 5.91 Å². The molecule has 0 aromatic carbocycles. The van der Waals surface area contributed by atoms with Gasteiger partial charge in [0.1, 0.15) is 0 Å². The lowest BCUT2D eigenvalue weighted by atomic mass is 9.77. The Bertz CT molecular complexity index is 943. The number of carbonyl (C=O) groups is 2. The van der Waals surface area contributed by atoms with E-state index >= 15 is 0 Å². The van der Waals surface area contributed by atoms with Crippen molar-refractivity contribution in [1.29, 1.82) is 0 Å². The van der Waals surface area contributed by atoms with Gasteiger partial charge in [0.05, 0.1) is 23.5 Å². The van der Waals surface area contributed by atoms with E-state index in [-0.39, 0.29) is 29.3 Å². The molecule has 3 aliphatic carbocycles. The Morgan fingerprint density at radius 3 is 2.47 bits per heavy atom. The van der Waals surface area contributed by atoms with Crippen LogP contribution in [0.15, 0.2) is 18.6 Å². The summed E-state index contributed by atoms with van der Waals surface area (Å²) in [7, 11) is 0. The second kappa shape index (κ2) is 7.65. The predicted molar refractivity (Wildman–Crippen MR) is 110 cm³/mol. The molecule has 4 N–H and O–H groups in total. The first-order valence-corrected chi connectivity index (χ1v) is 11.1. The maximum absolute atomic E-state index is 12.4. The van der Waals surface area contributed by atoms with Crippen LogP contribution in [0.25, 0.3) is 11.2 Å². The number of carbonyl (C=O) groups excluding carboxylic acids is 2. The van der Waals surface area contributed by atoms with Gasteiger partial charge in [0, 0.05) is 25.2 Å². The fraction of sp³-hybridized carbons (Fsp3) is 0.636. The first-order chi connectivity index (χ1) is 14.5. The normalized spacial score (nSPS) is 32.6. The number of aromatic nitrogens is 3. The van der Waals surface area contributed by atoms with E-state index in [1.807, 2.05) is 0 Å². The summed E-state index contributed by atoms with van der Waals surface area (Å²) < 4.78 is 0. The summed E-state index contributed by atoms with van der Waals surface area (Å²) in [6, 6.07) is 1.78. The van der Waals surface area contributed by atoms with Gasteiger partial charge in [0.25, 0.3) is 5.91 Å². The zero-order chi connectivity index (χ0) is 20.7. The number of pyridine rings is 1. The third-order valence-corrected chi connectivity index (χ3v) is 7.41. The largest absolute Gasteiger partial charge is 0.393 e. The minimum Gasteiger partial charge on any atom is -0.393 e. The van der Waals surface area contributed by atoms with Crippen molar-refractivity contribution in [2.75, 3.05) is 13.1 Å². The number of hydrogen-bond donors (Lipinski definition) is 4. The van der Waals surface area contributed by atoms with Crippen molar-refractivity contribution in [3.8, 4) is 0 Å². The summed E-state index contributed by atoms with van der Waals surface area (Å²) in [5.74, 6) is 1.21. The standard InChI is InChI=1S/C22H29N5O3/c28-16-6-22(7-16)8-17(22)21(30)25-10-14-3-1-13(2-4-14)9-24-20(29)15-5-18-19(23-11-15)27-12-26-18/h5,11-14,16-17,28H,1-4,6-10H2,(H,24,29)(H,25,30)(H,23,26,27). The van der Waals surface area contributed by atoms with Gasteiger partial charge in [-0.05, 0) is 68.3 Å². The molecule has 1 unspecified atom stereocenters. The maximum atomic E-state index is 12.4. The predicted octanol–water partition coefficient (Wildman–Crippen LogP) is 1.77. The number of rotatable bonds is 6. The SMILES string of the molecule is O=C(NCC1CCC(CNC(=O)C2CC23CC(O)C3)CC1)c1cnc2nc[nH]c2c1. The molecule has 0 bridgehead atoms. The fourth-order valence-corrected chi connectivity index (χ4v) is 5.35. The molecular formula is C22H29N5O3. The quantitative estimate of drug-likeness (QED) is 0.577. The number of imidazole rings is 1. The van der Waals surface area contributed by atoms with Crippen molar-refractivity contribution in [3.63, 3.8) is 0 Å². The van der Waals surface area contributed by atoms with Crippen LogP contribution >= 0.6 is 0 Å². The molecule has 0 saturated heterocycles. The molecule has 1 spiro atoms. The molecule has 8 heteroatoms. The second-order valence-corrected chi connectivity index (χ2v) is 9.52. The van der Waals surface area contributed by atoms with Crippen LogP contribution < -0.4 is 10.6 Å². The number of aliphatic hydroxyl groups is 1. The number of aromatic amines is 1. The molecule has 2 heterocycles. The van der Waals surface area contributed by atoms with Crippen LogP contribution in [-0.2, 0) is 4.79 Å². The Labute approximate surface area is 175 Å². The topological polar surface area (TPSA) is 120 Å². The smallest absolute Gasteiger partial charge is 0.252 e. The van der Waals surface area contributed by atoms with Gasteiger partial charge in [0.15, 0.2) is 5.65 Å². The first-order valence-electron chi connectivity index (χ1n) is 11.1. The van der Waals surface area contributed by atoms with Crippen molar-refractivity contribution < 1.29 is 14.7 Å². The van der Waals surface area contributed by atoms with Crippen molar-refractivity contribution in [3.05, 3.63) is 24.2 Å². The zero-order valence-electron chi connectivity index (χ0n) is 17.1. The molecule has 0 aliphatic heterocycles. The number of fused-ring (bicyclic) bond motifs is 1. The molecule has 2 amide bonds. The third-order valence-electron chi connectivity index (χ3n) is 7.41. The average Bonchev–Trinajstić information content (AvgIpc) is 3.28. The Balaban J connectivity index is 1.01. The number of aliphatic hydroxyl groups excluding tert-OH is 1. The highest BCUT2D eigenvalue weighted by Crippen LogP contribution is 2.65. The lowest BCUT2D eigenvalue weighted by Gasteiger charge is -2.33. The molecule has 30 heavy (non-hydrogen) atoms. The van der Waals surface area contributed by atoms with E-state index in [1.165, 1.54) is 0 Å². The number of hydrogen-bond acceptors (Lipinski definition) is 5. The number of nitrogens with zero attached hydrogens (tertiary/aromatic N) is 2. The van der Waals surface area contributed by atoms with Crippen molar-refractivity contribution in [2.45, 2.75) is 51.0 Å². The van der Waals surface area contributed by atoms with Crippen LogP contribution in [0.4, 0.5) is 0 Å². The van der Waals surface area contributed by atoms with E-state index in [0.29, 0.717) is 29.6 Å². The van der Waals surface area contributed by atoms with Crippen LogP contribution in [0.5, 0.6) is 0 Å². The summed E-state index contributed by atoms with van der Waals surface area (Å²) in [5.41, 5.74) is 2.05. The van der Waals surface area contributed by atoms with Crippen molar-refractivity contribution in [1.82, 2.24) is 25.6 Å². The van der Waals surface area contributed by atoms with Gasteiger partial charge in [-0.25, -0.2) is 9.97 Å². The van der Waals surface area contributed by atoms with Gasteiger partial charge in [-0.3, -0.25) is 9.59 Å². The van der Waals surface area contributed by atoms with Gasteiger partial charge >= 0.3 is 0 Å². The van der Waals surface area contributed by atoms with Gasteiger partial charge in [-0.15, -0.1) is 0 Å². The zero-order valence-corrected chi connectivity index (χ0v) is 17.1. The minimum absolute atomic E-state index is 0.104. The Kier molecular flexibility index (Phi) is 4.97. The highest BCUT2D eigenvalue weighted by Gasteiger charge is 2.64. The molecule has 0 radical (unpaired) electrons. The summed E-state index contributed by atoms with van der Waals surface area (Å²) in [5, 5.41) is 15.7. The molecule has 160 valence electrons. The summed E-state index contributed by atoms with van der Waals surface area (Å²) in [6.07, 6.45) is 9.78. The number of amides is 2. The van der Waals surface area contributed by atoms with Crippen LogP contribution in [0, 0.1) is 23.2 Å². The second-order valence-electron chi connectivity index (χ2n) is 9.52.